The van der Waals surface area contributed by atoms with Gasteiger partial charge in [-0.05, 0) is 48.9 Å². The normalized spacial score (nSPS) is 13.9. The molecule has 1 fully saturated rings. The van der Waals surface area contributed by atoms with Gasteiger partial charge in [-0.2, -0.15) is 0 Å². The van der Waals surface area contributed by atoms with E-state index in [1.165, 1.54) is 16.2 Å². The van der Waals surface area contributed by atoms with Crippen LogP contribution in [-0.2, 0) is 9.59 Å². The van der Waals surface area contributed by atoms with Crippen molar-refractivity contribution in [2.75, 3.05) is 18.0 Å². The van der Waals surface area contributed by atoms with Crippen molar-refractivity contribution in [2.24, 2.45) is 0 Å². The molecular formula is C21H25N3O3S. The third-order valence-electron chi connectivity index (χ3n) is 4.78. The molecule has 0 unspecified atom stereocenters. The Morgan fingerprint density at radius 1 is 1.14 bits per heavy atom. The molecule has 7 heteroatoms. The van der Waals surface area contributed by atoms with Gasteiger partial charge in [-0.1, -0.05) is 31.0 Å². The van der Waals surface area contributed by atoms with Crippen molar-refractivity contribution in [2.45, 2.75) is 38.6 Å². The van der Waals surface area contributed by atoms with E-state index < -0.39 is 0 Å². The van der Waals surface area contributed by atoms with Gasteiger partial charge < -0.3 is 15.5 Å². The lowest BCUT2D eigenvalue weighted by Gasteiger charge is -2.24. The molecule has 1 aliphatic rings. The zero-order valence-electron chi connectivity index (χ0n) is 15.9. The van der Waals surface area contributed by atoms with Gasteiger partial charge in [-0.3, -0.25) is 14.4 Å². The number of hydrogen-bond donors (Lipinski definition) is 2. The molecule has 2 N–H and O–H groups in total. The molecular weight excluding hydrogens is 374 g/mol. The minimum absolute atomic E-state index is 0.0618. The molecule has 0 spiro atoms. The fourth-order valence-corrected chi connectivity index (χ4v) is 3.99. The molecule has 0 atom stereocenters. The van der Waals surface area contributed by atoms with Gasteiger partial charge in [0.1, 0.15) is 6.54 Å². The van der Waals surface area contributed by atoms with Crippen molar-refractivity contribution in [1.82, 2.24) is 10.6 Å². The zero-order chi connectivity index (χ0) is 19.9. The zero-order valence-corrected chi connectivity index (χ0v) is 16.8. The summed E-state index contributed by atoms with van der Waals surface area (Å²) < 4.78 is 0. The van der Waals surface area contributed by atoms with Crippen LogP contribution in [0.4, 0.5) is 5.69 Å². The number of aryl methyl sites for hydroxylation is 1. The van der Waals surface area contributed by atoms with Gasteiger partial charge in [0.15, 0.2) is 0 Å². The van der Waals surface area contributed by atoms with Crippen molar-refractivity contribution in [3.8, 4) is 0 Å². The third-order valence-corrected chi connectivity index (χ3v) is 5.65. The number of nitrogens with zero attached hydrogens (tertiary/aromatic N) is 1. The summed E-state index contributed by atoms with van der Waals surface area (Å²) in [6, 6.07) is 11.1. The number of carbonyl (C=O) groups is 3. The number of carbonyl (C=O) groups excluding carboxylic acids is 3. The molecule has 3 amide bonds. The topological polar surface area (TPSA) is 78.5 Å². The summed E-state index contributed by atoms with van der Waals surface area (Å²) in [5, 5.41) is 7.47. The van der Waals surface area contributed by atoms with Crippen LogP contribution in [0.1, 0.15) is 40.9 Å². The smallest absolute Gasteiger partial charge is 0.261 e. The standard InChI is InChI=1S/C21H25N3O3S/c1-15-6-4-9-17(12-15)24(14-19(25)23-16-7-2-3-8-16)20(26)13-22-21(27)18-10-5-11-28-18/h4-6,9-12,16H,2-3,7-8,13-14H2,1H3,(H,22,27)(H,23,25). The van der Waals surface area contributed by atoms with E-state index in [1.54, 1.807) is 18.2 Å². The summed E-state index contributed by atoms with van der Waals surface area (Å²) in [7, 11) is 0. The van der Waals surface area contributed by atoms with Crippen LogP contribution < -0.4 is 15.5 Å². The second-order valence-electron chi connectivity index (χ2n) is 7.03. The summed E-state index contributed by atoms with van der Waals surface area (Å²) in [5.74, 6) is -0.786. The van der Waals surface area contributed by atoms with Crippen LogP contribution in [0.15, 0.2) is 41.8 Å². The Bertz CT molecular complexity index is 829. The second kappa shape index (κ2) is 9.50. The molecule has 1 heterocycles. The van der Waals surface area contributed by atoms with Crippen LogP contribution in [0.2, 0.25) is 0 Å². The first-order valence-corrected chi connectivity index (χ1v) is 10.4. The predicted molar refractivity (Wildman–Crippen MR) is 111 cm³/mol. The maximum Gasteiger partial charge on any atom is 0.261 e. The van der Waals surface area contributed by atoms with Crippen LogP contribution in [0.5, 0.6) is 0 Å². The molecule has 1 aromatic carbocycles. The number of anilines is 1. The molecule has 6 nitrogen and oxygen atoms in total. The van der Waals surface area contributed by atoms with E-state index in [0.717, 1.165) is 31.2 Å². The summed E-state index contributed by atoms with van der Waals surface area (Å²) in [4.78, 5) is 39.5. The molecule has 0 aliphatic heterocycles. The number of nitrogens with one attached hydrogen (secondary N) is 2. The van der Waals surface area contributed by atoms with E-state index in [2.05, 4.69) is 10.6 Å². The largest absolute Gasteiger partial charge is 0.352 e. The highest BCUT2D eigenvalue weighted by Gasteiger charge is 2.23. The number of thiophene rings is 1. The van der Waals surface area contributed by atoms with Crippen LogP contribution in [0.3, 0.4) is 0 Å². The van der Waals surface area contributed by atoms with Crippen molar-refractivity contribution < 1.29 is 14.4 Å². The molecule has 0 saturated heterocycles. The highest BCUT2D eigenvalue weighted by molar-refractivity contribution is 7.12. The first-order valence-electron chi connectivity index (χ1n) is 9.51. The molecule has 0 bridgehead atoms. The quantitative estimate of drug-likeness (QED) is 0.751. The average Bonchev–Trinajstić information content (AvgIpc) is 3.38. The predicted octanol–water partition coefficient (Wildman–Crippen LogP) is 2.88. The maximum absolute atomic E-state index is 12.8. The second-order valence-corrected chi connectivity index (χ2v) is 7.98. The minimum atomic E-state index is -0.322. The molecule has 28 heavy (non-hydrogen) atoms. The van der Waals surface area contributed by atoms with Crippen molar-refractivity contribution >= 4 is 34.7 Å². The average molecular weight is 400 g/mol. The Kier molecular flexibility index (Phi) is 6.81. The third kappa shape index (κ3) is 5.42. The number of rotatable bonds is 7. The lowest BCUT2D eigenvalue weighted by molar-refractivity contribution is -0.123. The van der Waals surface area contributed by atoms with Crippen molar-refractivity contribution in [1.29, 1.82) is 0 Å². The minimum Gasteiger partial charge on any atom is -0.352 e. The molecule has 148 valence electrons. The van der Waals surface area contributed by atoms with Crippen LogP contribution in [0, 0.1) is 6.92 Å². The maximum atomic E-state index is 12.8. The van der Waals surface area contributed by atoms with Crippen LogP contribution in [0.25, 0.3) is 0 Å². The molecule has 2 aromatic rings. The summed E-state index contributed by atoms with van der Waals surface area (Å²) in [5.41, 5.74) is 1.64. The monoisotopic (exact) mass is 399 g/mol. The summed E-state index contributed by atoms with van der Waals surface area (Å²) >= 11 is 1.32. The Labute approximate surface area is 168 Å². The Morgan fingerprint density at radius 3 is 2.61 bits per heavy atom. The highest BCUT2D eigenvalue weighted by atomic mass is 32.1. The summed E-state index contributed by atoms with van der Waals surface area (Å²) in [6.45, 7) is 1.71. The first-order chi connectivity index (χ1) is 13.5. The Balaban J connectivity index is 1.66. The van der Waals surface area contributed by atoms with E-state index in [4.69, 9.17) is 0 Å². The van der Waals surface area contributed by atoms with Gasteiger partial charge in [0.05, 0.1) is 11.4 Å². The van der Waals surface area contributed by atoms with Crippen molar-refractivity contribution in [3.63, 3.8) is 0 Å². The first kappa shape index (κ1) is 20.1. The number of amides is 3. The van der Waals surface area contributed by atoms with Crippen molar-refractivity contribution in [3.05, 3.63) is 52.2 Å². The Morgan fingerprint density at radius 2 is 1.93 bits per heavy atom. The van der Waals surface area contributed by atoms with E-state index in [-0.39, 0.29) is 36.9 Å². The molecule has 1 saturated carbocycles. The van der Waals surface area contributed by atoms with Gasteiger partial charge in [-0.15, -0.1) is 11.3 Å². The molecule has 1 aromatic heterocycles. The van der Waals surface area contributed by atoms with E-state index in [9.17, 15) is 14.4 Å². The van der Waals surface area contributed by atoms with Gasteiger partial charge in [0.2, 0.25) is 11.8 Å². The number of benzene rings is 1. The number of hydrogen-bond acceptors (Lipinski definition) is 4. The fraction of sp³-hybridized carbons (Fsp3) is 0.381. The van der Waals surface area contributed by atoms with Gasteiger partial charge in [-0.25, -0.2) is 0 Å². The summed E-state index contributed by atoms with van der Waals surface area (Å²) in [6.07, 6.45) is 4.22. The lowest BCUT2D eigenvalue weighted by atomic mass is 10.2. The van der Waals surface area contributed by atoms with Gasteiger partial charge in [0, 0.05) is 11.7 Å². The van der Waals surface area contributed by atoms with Crippen LogP contribution in [-0.4, -0.2) is 36.9 Å². The molecule has 3 rings (SSSR count). The lowest BCUT2D eigenvalue weighted by Crippen LogP contribution is -2.47. The molecule has 1 aliphatic carbocycles. The van der Waals surface area contributed by atoms with E-state index in [0.29, 0.717) is 10.6 Å². The van der Waals surface area contributed by atoms with Crippen LogP contribution >= 0.6 is 11.3 Å². The molecule has 0 radical (unpaired) electrons. The van der Waals surface area contributed by atoms with E-state index in [1.807, 2.05) is 30.5 Å². The van der Waals surface area contributed by atoms with Gasteiger partial charge in [0.25, 0.3) is 5.91 Å². The SMILES string of the molecule is Cc1cccc(N(CC(=O)NC2CCCC2)C(=O)CNC(=O)c2cccs2)c1. The fourth-order valence-electron chi connectivity index (χ4n) is 3.35. The Hall–Kier alpha value is -2.67. The highest BCUT2D eigenvalue weighted by Crippen LogP contribution is 2.19. The van der Waals surface area contributed by atoms with E-state index >= 15 is 0 Å². The van der Waals surface area contributed by atoms with Gasteiger partial charge >= 0.3 is 0 Å².